The number of aliphatic hydroxyl groups is 1. The van der Waals surface area contributed by atoms with E-state index in [9.17, 15) is 5.11 Å². The standard InChI is InChI=1S/C23H29BN4O2/c1-22(2)4-6-28-24(30-22)17-12-26-21-16(3-5-25-21)19(17)20(27-28)18-14-7-13-8-15(18)11-23(29,9-13)10-14/h3,5,12-15,18,29H,4,6-11H2,1-2H3,(H,25,26)/t13-,14-,15+,18-,23-. The van der Waals surface area contributed by atoms with Crippen molar-refractivity contribution in [1.29, 1.82) is 0 Å². The van der Waals surface area contributed by atoms with E-state index in [4.69, 9.17) is 14.7 Å². The molecule has 2 aromatic rings. The van der Waals surface area contributed by atoms with Crippen molar-refractivity contribution in [3.8, 4) is 0 Å². The van der Waals surface area contributed by atoms with Gasteiger partial charge < -0.3 is 19.7 Å². The molecule has 0 spiro atoms. The van der Waals surface area contributed by atoms with E-state index in [-0.39, 0.29) is 12.7 Å². The fourth-order valence-electron chi connectivity index (χ4n) is 7.60. The normalized spacial score (nSPS) is 38.6. The van der Waals surface area contributed by atoms with Gasteiger partial charge in [0.15, 0.2) is 0 Å². The van der Waals surface area contributed by atoms with Gasteiger partial charge >= 0.3 is 7.05 Å². The molecule has 1 saturated heterocycles. The summed E-state index contributed by atoms with van der Waals surface area (Å²) in [7, 11) is -0.166. The van der Waals surface area contributed by atoms with Gasteiger partial charge in [-0.2, -0.15) is 5.10 Å². The SMILES string of the molecule is CC1(C)CCN2N=C([C@@H]3[C@@H]4C[C@@H]5C[C@H]3C[C@@](O)(C5)C4)c3c(cnc4[nH]ccc34)B2O1. The molecule has 4 heterocycles. The molecular weight excluding hydrogens is 375 g/mol. The molecule has 156 valence electrons. The maximum atomic E-state index is 11.1. The van der Waals surface area contributed by atoms with Crippen LogP contribution in [-0.2, 0) is 4.65 Å². The van der Waals surface area contributed by atoms with Crippen LogP contribution >= 0.6 is 0 Å². The van der Waals surface area contributed by atoms with Gasteiger partial charge in [0.05, 0.1) is 11.3 Å². The molecule has 4 aliphatic carbocycles. The van der Waals surface area contributed by atoms with Gasteiger partial charge in [0.25, 0.3) is 0 Å². The number of pyridine rings is 1. The van der Waals surface area contributed by atoms with Crippen LogP contribution in [0.1, 0.15) is 57.9 Å². The predicted molar refractivity (Wildman–Crippen MR) is 117 cm³/mol. The third-order valence-electron chi connectivity index (χ3n) is 8.58. The van der Waals surface area contributed by atoms with E-state index in [1.165, 1.54) is 24.1 Å². The second kappa shape index (κ2) is 5.68. The Bertz CT molecular complexity index is 1060. The maximum absolute atomic E-state index is 11.1. The van der Waals surface area contributed by atoms with Crippen molar-refractivity contribution in [1.82, 2.24) is 14.9 Å². The zero-order chi connectivity index (χ0) is 20.3. The molecule has 7 heteroatoms. The molecule has 2 aliphatic heterocycles. The fraction of sp³-hybridized carbons (Fsp3) is 0.652. The van der Waals surface area contributed by atoms with Gasteiger partial charge in [0, 0.05) is 46.9 Å². The van der Waals surface area contributed by atoms with Crippen molar-refractivity contribution in [3.63, 3.8) is 0 Å². The highest BCUT2D eigenvalue weighted by Gasteiger charge is 2.57. The van der Waals surface area contributed by atoms with Gasteiger partial charge in [-0.3, -0.25) is 0 Å². The summed E-state index contributed by atoms with van der Waals surface area (Å²) in [6.45, 7) is 5.24. The Labute approximate surface area is 177 Å². The monoisotopic (exact) mass is 404 g/mol. The van der Waals surface area contributed by atoms with Crippen LogP contribution in [0.15, 0.2) is 23.6 Å². The molecule has 0 unspecified atom stereocenters. The average Bonchev–Trinajstić information content (AvgIpc) is 3.15. The Morgan fingerprint density at radius 2 is 2.03 bits per heavy atom. The minimum Gasteiger partial charge on any atom is -0.407 e. The van der Waals surface area contributed by atoms with Gasteiger partial charge in [-0.05, 0) is 76.2 Å². The van der Waals surface area contributed by atoms with E-state index in [0.29, 0.717) is 23.7 Å². The summed E-state index contributed by atoms with van der Waals surface area (Å²) < 4.78 is 6.53. The molecule has 0 radical (unpaired) electrons. The number of hydrogen-bond donors (Lipinski definition) is 2. The van der Waals surface area contributed by atoms with Crippen molar-refractivity contribution >= 4 is 29.3 Å². The number of aromatic amines is 1. The smallest absolute Gasteiger partial charge is 0.407 e. The lowest BCUT2D eigenvalue weighted by atomic mass is 9.48. The highest BCUT2D eigenvalue weighted by atomic mass is 16.5. The summed E-state index contributed by atoms with van der Waals surface area (Å²) >= 11 is 0. The van der Waals surface area contributed by atoms with Crippen molar-refractivity contribution < 1.29 is 9.76 Å². The van der Waals surface area contributed by atoms with Crippen LogP contribution in [0.5, 0.6) is 0 Å². The maximum Gasteiger partial charge on any atom is 0.471 e. The lowest BCUT2D eigenvalue weighted by molar-refractivity contribution is -0.138. The van der Waals surface area contributed by atoms with E-state index >= 15 is 0 Å². The molecule has 4 bridgehead atoms. The molecule has 0 aromatic carbocycles. The molecule has 2 aromatic heterocycles. The minimum absolute atomic E-state index is 0.162. The molecule has 5 fully saturated rings. The van der Waals surface area contributed by atoms with E-state index in [1.807, 2.05) is 12.4 Å². The van der Waals surface area contributed by atoms with Crippen LogP contribution < -0.4 is 5.46 Å². The van der Waals surface area contributed by atoms with Gasteiger partial charge in [-0.25, -0.2) is 4.98 Å². The van der Waals surface area contributed by atoms with Crippen LogP contribution in [-0.4, -0.2) is 50.5 Å². The number of nitrogens with one attached hydrogen (secondary N) is 1. The molecule has 2 N–H and O–H groups in total. The quantitative estimate of drug-likeness (QED) is 0.717. The summed E-state index contributed by atoms with van der Waals surface area (Å²) in [6.07, 6.45) is 10.3. The van der Waals surface area contributed by atoms with Crippen LogP contribution in [0.3, 0.4) is 0 Å². The molecule has 4 saturated carbocycles. The molecule has 8 rings (SSSR count). The number of hydrogen-bond acceptors (Lipinski definition) is 5. The third-order valence-corrected chi connectivity index (χ3v) is 8.58. The van der Waals surface area contributed by atoms with E-state index in [2.05, 4.69) is 29.8 Å². The molecular formula is C23H29BN4O2. The summed E-state index contributed by atoms with van der Waals surface area (Å²) in [4.78, 5) is 10.2. The van der Waals surface area contributed by atoms with Gasteiger partial charge in [-0.1, -0.05) is 0 Å². The highest BCUT2D eigenvalue weighted by molar-refractivity contribution is 6.68. The molecule has 30 heavy (non-hydrogen) atoms. The Morgan fingerprint density at radius 1 is 1.23 bits per heavy atom. The molecule has 5 atom stereocenters. The average molecular weight is 404 g/mol. The zero-order valence-corrected chi connectivity index (χ0v) is 17.8. The highest BCUT2D eigenvalue weighted by Crippen LogP contribution is 2.59. The predicted octanol–water partition coefficient (Wildman–Crippen LogP) is 2.66. The number of fused-ring (bicyclic) bond motifs is 5. The Balaban J connectivity index is 1.40. The summed E-state index contributed by atoms with van der Waals surface area (Å²) in [5.41, 5.74) is 3.97. The zero-order valence-electron chi connectivity index (χ0n) is 17.8. The molecule has 6 nitrogen and oxygen atoms in total. The lowest BCUT2D eigenvalue weighted by Gasteiger charge is -2.58. The number of aromatic nitrogens is 2. The second-order valence-corrected chi connectivity index (χ2v) is 11.2. The number of hydrazone groups is 1. The summed E-state index contributed by atoms with van der Waals surface area (Å²) in [6, 6.07) is 2.14. The summed E-state index contributed by atoms with van der Waals surface area (Å²) in [5.74, 6) is 2.20. The van der Waals surface area contributed by atoms with Crippen LogP contribution in [0.25, 0.3) is 11.0 Å². The number of H-pyrrole nitrogens is 1. The number of nitrogens with zero attached hydrogens (tertiary/aromatic N) is 3. The number of rotatable bonds is 1. The minimum atomic E-state index is -0.423. The Hall–Kier alpha value is -1.86. The first-order valence-corrected chi connectivity index (χ1v) is 11.6. The Kier molecular flexibility index (Phi) is 3.37. The van der Waals surface area contributed by atoms with Crippen molar-refractivity contribution in [2.45, 2.75) is 63.6 Å². The van der Waals surface area contributed by atoms with E-state index in [1.54, 1.807) is 0 Å². The first-order valence-electron chi connectivity index (χ1n) is 11.6. The fourth-order valence-corrected chi connectivity index (χ4v) is 7.60. The van der Waals surface area contributed by atoms with Gasteiger partial charge in [0.2, 0.25) is 0 Å². The largest absolute Gasteiger partial charge is 0.471 e. The molecule has 6 aliphatic rings. The Morgan fingerprint density at radius 3 is 2.80 bits per heavy atom. The van der Waals surface area contributed by atoms with Crippen LogP contribution in [0, 0.1) is 23.7 Å². The summed E-state index contributed by atoms with van der Waals surface area (Å²) in [5, 5.41) is 17.6. The second-order valence-electron chi connectivity index (χ2n) is 11.2. The van der Waals surface area contributed by atoms with Gasteiger partial charge in [0.1, 0.15) is 5.65 Å². The first-order chi connectivity index (χ1) is 14.4. The van der Waals surface area contributed by atoms with Crippen LogP contribution in [0.2, 0.25) is 0 Å². The van der Waals surface area contributed by atoms with E-state index < -0.39 is 5.60 Å². The van der Waals surface area contributed by atoms with Gasteiger partial charge in [-0.15, -0.1) is 0 Å². The van der Waals surface area contributed by atoms with Crippen LogP contribution in [0.4, 0.5) is 0 Å². The topological polar surface area (TPSA) is 73.7 Å². The first kappa shape index (κ1) is 17.8. The van der Waals surface area contributed by atoms with Crippen molar-refractivity contribution in [2.75, 3.05) is 6.54 Å². The molecule has 0 amide bonds. The third kappa shape index (κ3) is 2.39. The van der Waals surface area contributed by atoms with E-state index in [0.717, 1.165) is 48.7 Å². The van der Waals surface area contributed by atoms with Crippen molar-refractivity contribution in [2.24, 2.45) is 28.8 Å². The lowest BCUT2D eigenvalue weighted by Crippen LogP contribution is -2.63. The van der Waals surface area contributed by atoms with Crippen molar-refractivity contribution in [3.05, 3.63) is 24.0 Å².